The van der Waals surface area contributed by atoms with Crippen LogP contribution in [0.2, 0.25) is 0 Å². The summed E-state index contributed by atoms with van der Waals surface area (Å²) < 4.78 is 10.2. The van der Waals surface area contributed by atoms with Gasteiger partial charge in [-0.2, -0.15) is 0 Å². The van der Waals surface area contributed by atoms with E-state index in [0.717, 1.165) is 12.8 Å². The number of hydrogen-bond donors (Lipinski definition) is 0. The Morgan fingerprint density at radius 1 is 1.11 bits per heavy atom. The van der Waals surface area contributed by atoms with Crippen molar-refractivity contribution in [1.29, 1.82) is 0 Å². The highest BCUT2D eigenvalue weighted by Crippen LogP contribution is 2.22. The summed E-state index contributed by atoms with van der Waals surface area (Å²) in [6, 6.07) is 1.68. The zero-order chi connectivity index (χ0) is 19.4. The number of aryl methyl sites for hydroxylation is 1. The maximum absolute atomic E-state index is 12.9. The van der Waals surface area contributed by atoms with Gasteiger partial charge in [-0.1, -0.05) is 0 Å². The molecule has 2 aliphatic heterocycles. The minimum Gasteiger partial charge on any atom is -0.469 e. The molecule has 1 atom stereocenters. The minimum absolute atomic E-state index is 0.0694. The molecule has 0 saturated carbocycles. The van der Waals surface area contributed by atoms with Gasteiger partial charge in [0, 0.05) is 39.3 Å². The number of carbonyl (C=O) groups is 3. The van der Waals surface area contributed by atoms with Crippen LogP contribution < -0.4 is 0 Å². The summed E-state index contributed by atoms with van der Waals surface area (Å²) in [5, 5.41) is 0. The second-order valence-corrected chi connectivity index (χ2v) is 6.99. The Hall–Kier alpha value is -2.51. The van der Waals surface area contributed by atoms with Crippen molar-refractivity contribution in [2.45, 2.75) is 26.7 Å². The predicted octanol–water partition coefficient (Wildman–Crippen LogP) is 1.74. The van der Waals surface area contributed by atoms with Gasteiger partial charge in [0.25, 0.3) is 5.91 Å². The van der Waals surface area contributed by atoms with Gasteiger partial charge in [0.15, 0.2) is 0 Å². The van der Waals surface area contributed by atoms with Gasteiger partial charge >= 0.3 is 6.09 Å². The molecule has 27 heavy (non-hydrogen) atoms. The molecule has 2 aliphatic rings. The average molecular weight is 377 g/mol. The third-order valence-corrected chi connectivity index (χ3v) is 5.26. The number of likely N-dealkylation sites (tertiary alicyclic amines) is 1. The first-order chi connectivity index (χ1) is 13.0. The fourth-order valence-corrected chi connectivity index (χ4v) is 3.72. The Morgan fingerprint density at radius 3 is 2.44 bits per heavy atom. The molecule has 0 bridgehead atoms. The molecule has 0 aliphatic carbocycles. The Kier molecular flexibility index (Phi) is 6.03. The summed E-state index contributed by atoms with van der Waals surface area (Å²) in [4.78, 5) is 42.6. The summed E-state index contributed by atoms with van der Waals surface area (Å²) in [5.41, 5.74) is 0.561. The molecule has 148 valence electrons. The first kappa shape index (κ1) is 19.3. The number of nitrogens with zero attached hydrogens (tertiary/aromatic N) is 3. The molecule has 3 rings (SSSR count). The molecular weight excluding hydrogens is 350 g/mol. The van der Waals surface area contributed by atoms with Crippen molar-refractivity contribution in [3.63, 3.8) is 0 Å². The first-order valence-corrected chi connectivity index (χ1v) is 9.55. The van der Waals surface area contributed by atoms with Crippen molar-refractivity contribution in [1.82, 2.24) is 14.7 Å². The highest BCUT2D eigenvalue weighted by molar-refractivity contribution is 5.95. The van der Waals surface area contributed by atoms with E-state index in [1.807, 2.05) is 0 Å². The molecule has 0 aromatic carbocycles. The highest BCUT2D eigenvalue weighted by atomic mass is 16.6. The molecule has 3 heterocycles. The van der Waals surface area contributed by atoms with E-state index in [0.29, 0.717) is 57.2 Å². The van der Waals surface area contributed by atoms with Crippen LogP contribution in [-0.2, 0) is 9.53 Å². The number of carbonyl (C=O) groups excluding carboxylic acids is 3. The van der Waals surface area contributed by atoms with Gasteiger partial charge < -0.3 is 23.9 Å². The number of furan rings is 1. The van der Waals surface area contributed by atoms with E-state index in [9.17, 15) is 14.4 Å². The van der Waals surface area contributed by atoms with E-state index >= 15 is 0 Å². The van der Waals surface area contributed by atoms with Gasteiger partial charge in [-0.25, -0.2) is 4.79 Å². The molecule has 0 spiro atoms. The van der Waals surface area contributed by atoms with Crippen LogP contribution in [0.25, 0.3) is 0 Å². The third-order valence-electron chi connectivity index (χ3n) is 5.26. The quantitative estimate of drug-likeness (QED) is 0.801. The summed E-state index contributed by atoms with van der Waals surface area (Å²) in [5.74, 6) is 0.401. The standard InChI is InChI=1S/C19H27N3O5/c1-3-26-19(25)21-10-8-20(9-11-21)17(23)15-5-4-7-22(13-15)18(24)16-6-12-27-14(16)2/h6,12,15H,3-5,7-11,13H2,1-2H3. The second-order valence-electron chi connectivity index (χ2n) is 6.99. The van der Waals surface area contributed by atoms with Gasteiger partial charge in [-0.3, -0.25) is 9.59 Å². The first-order valence-electron chi connectivity index (χ1n) is 9.55. The van der Waals surface area contributed by atoms with Crippen molar-refractivity contribution >= 4 is 17.9 Å². The lowest BCUT2D eigenvalue weighted by Gasteiger charge is -2.38. The molecule has 1 aromatic rings. The van der Waals surface area contributed by atoms with Gasteiger partial charge in [0.1, 0.15) is 5.76 Å². The van der Waals surface area contributed by atoms with Crippen LogP contribution >= 0.6 is 0 Å². The molecule has 1 unspecified atom stereocenters. The van der Waals surface area contributed by atoms with Crippen LogP contribution in [0.3, 0.4) is 0 Å². The Labute approximate surface area is 159 Å². The molecule has 2 fully saturated rings. The number of rotatable bonds is 3. The van der Waals surface area contributed by atoms with Crippen molar-refractivity contribution < 1.29 is 23.5 Å². The number of ether oxygens (including phenoxy) is 1. The summed E-state index contributed by atoms with van der Waals surface area (Å²) in [6.45, 7) is 6.94. The van der Waals surface area contributed by atoms with Crippen LogP contribution in [-0.4, -0.2) is 78.5 Å². The lowest BCUT2D eigenvalue weighted by atomic mass is 9.95. The zero-order valence-electron chi connectivity index (χ0n) is 16.0. The third kappa shape index (κ3) is 4.26. The number of hydrogen-bond acceptors (Lipinski definition) is 5. The van der Waals surface area contributed by atoms with Crippen molar-refractivity contribution in [3.8, 4) is 0 Å². The van der Waals surface area contributed by atoms with Crippen molar-refractivity contribution in [2.24, 2.45) is 5.92 Å². The smallest absolute Gasteiger partial charge is 0.409 e. The summed E-state index contributed by atoms with van der Waals surface area (Å²) in [6.07, 6.45) is 2.78. The molecule has 8 heteroatoms. The monoisotopic (exact) mass is 377 g/mol. The van der Waals surface area contributed by atoms with E-state index in [2.05, 4.69) is 0 Å². The normalized spacial score (nSPS) is 20.5. The maximum Gasteiger partial charge on any atom is 0.409 e. The highest BCUT2D eigenvalue weighted by Gasteiger charge is 2.34. The van der Waals surface area contributed by atoms with Gasteiger partial charge in [0.05, 0.1) is 24.4 Å². The number of piperazine rings is 1. The van der Waals surface area contributed by atoms with Crippen LogP contribution in [0.15, 0.2) is 16.7 Å². The minimum atomic E-state index is -0.325. The lowest BCUT2D eigenvalue weighted by Crippen LogP contribution is -2.54. The summed E-state index contributed by atoms with van der Waals surface area (Å²) >= 11 is 0. The molecule has 3 amide bonds. The maximum atomic E-state index is 12.9. The van der Waals surface area contributed by atoms with Crippen LogP contribution in [0.1, 0.15) is 35.9 Å². The van der Waals surface area contributed by atoms with E-state index < -0.39 is 0 Å². The topological polar surface area (TPSA) is 83.3 Å². The van der Waals surface area contributed by atoms with E-state index in [-0.39, 0.29) is 23.8 Å². The Balaban J connectivity index is 1.55. The summed E-state index contributed by atoms with van der Waals surface area (Å²) in [7, 11) is 0. The van der Waals surface area contributed by atoms with Crippen molar-refractivity contribution in [3.05, 3.63) is 23.7 Å². The lowest BCUT2D eigenvalue weighted by molar-refractivity contribution is -0.138. The van der Waals surface area contributed by atoms with Gasteiger partial charge in [0.2, 0.25) is 5.91 Å². The number of amides is 3. The second kappa shape index (κ2) is 8.45. The molecule has 8 nitrogen and oxygen atoms in total. The van der Waals surface area contributed by atoms with Crippen molar-refractivity contribution in [2.75, 3.05) is 45.9 Å². The molecule has 1 aromatic heterocycles. The zero-order valence-corrected chi connectivity index (χ0v) is 16.0. The molecular formula is C19H27N3O5. The molecule has 0 radical (unpaired) electrons. The fraction of sp³-hybridized carbons (Fsp3) is 0.632. The van der Waals surface area contributed by atoms with Gasteiger partial charge in [-0.15, -0.1) is 0 Å². The molecule has 2 saturated heterocycles. The molecule has 0 N–H and O–H groups in total. The van der Waals surface area contributed by atoms with Crippen LogP contribution in [0, 0.1) is 12.8 Å². The van der Waals surface area contributed by atoms with Gasteiger partial charge in [-0.05, 0) is 32.8 Å². The SMILES string of the molecule is CCOC(=O)N1CCN(C(=O)C2CCCN(C(=O)c3ccoc3C)C2)CC1. The Bertz CT molecular complexity index is 693. The van der Waals surface area contributed by atoms with E-state index in [4.69, 9.17) is 9.15 Å². The van der Waals surface area contributed by atoms with E-state index in [1.54, 1.807) is 34.6 Å². The average Bonchev–Trinajstić information content (AvgIpc) is 3.13. The largest absolute Gasteiger partial charge is 0.469 e. The fourth-order valence-electron chi connectivity index (χ4n) is 3.72. The van der Waals surface area contributed by atoms with Crippen LogP contribution in [0.5, 0.6) is 0 Å². The van der Waals surface area contributed by atoms with Crippen LogP contribution in [0.4, 0.5) is 4.79 Å². The Morgan fingerprint density at radius 2 is 1.81 bits per heavy atom. The predicted molar refractivity (Wildman–Crippen MR) is 97.2 cm³/mol. The number of piperidine rings is 1. The van der Waals surface area contributed by atoms with E-state index in [1.165, 1.54) is 6.26 Å².